The molecule has 2 aromatic carbocycles. The molecule has 1 nitrogen and oxygen atoms in total. The zero-order valence-electron chi connectivity index (χ0n) is 20.4. The van der Waals surface area contributed by atoms with Gasteiger partial charge in [-0.15, -0.1) is 0 Å². The molecule has 0 heterocycles. The van der Waals surface area contributed by atoms with Crippen molar-refractivity contribution in [1.29, 1.82) is 0 Å². The summed E-state index contributed by atoms with van der Waals surface area (Å²) >= 11 is 0. The first-order chi connectivity index (χ1) is 16.1. The molecule has 2 saturated carbocycles. The molecule has 0 N–H and O–H groups in total. The molecule has 33 heavy (non-hydrogen) atoms. The standard InChI is InChI=1S/C30H40F2O/c1-3-5-18-33-26-17-16-25-19-27(29(31)30(32)28(25)20-26)24-14-12-23(13-15-24)11-10-22-8-6-21(4-2)7-9-22/h3,5,16-17,19-24H,4,6-15,18H2,1-2H3. The van der Waals surface area contributed by atoms with Crippen LogP contribution in [0.2, 0.25) is 0 Å². The zero-order chi connectivity index (χ0) is 23.2. The van der Waals surface area contributed by atoms with Crippen LogP contribution in [-0.2, 0) is 0 Å². The van der Waals surface area contributed by atoms with E-state index in [9.17, 15) is 4.39 Å². The van der Waals surface area contributed by atoms with Gasteiger partial charge in [0.05, 0.1) is 0 Å². The van der Waals surface area contributed by atoms with Gasteiger partial charge in [0.25, 0.3) is 0 Å². The van der Waals surface area contributed by atoms with Crippen molar-refractivity contribution in [3.8, 4) is 5.75 Å². The van der Waals surface area contributed by atoms with Crippen LogP contribution in [0, 0.1) is 29.4 Å². The molecule has 0 unspecified atom stereocenters. The predicted octanol–water partition coefficient (Wildman–Crippen LogP) is 9.34. The van der Waals surface area contributed by atoms with Gasteiger partial charge in [0.15, 0.2) is 11.6 Å². The molecule has 0 amide bonds. The summed E-state index contributed by atoms with van der Waals surface area (Å²) in [6.07, 6.45) is 17.7. The molecule has 0 atom stereocenters. The Labute approximate surface area is 198 Å². The number of hydrogen-bond acceptors (Lipinski definition) is 1. The quantitative estimate of drug-likeness (QED) is 0.361. The minimum Gasteiger partial charge on any atom is -0.490 e. The van der Waals surface area contributed by atoms with Gasteiger partial charge in [0, 0.05) is 5.39 Å². The van der Waals surface area contributed by atoms with Gasteiger partial charge < -0.3 is 4.74 Å². The second kappa shape index (κ2) is 11.5. The van der Waals surface area contributed by atoms with Crippen molar-refractivity contribution in [2.45, 2.75) is 90.4 Å². The molecule has 3 heteroatoms. The van der Waals surface area contributed by atoms with E-state index in [2.05, 4.69) is 6.92 Å². The van der Waals surface area contributed by atoms with Crippen LogP contribution >= 0.6 is 0 Å². The predicted molar refractivity (Wildman–Crippen MR) is 134 cm³/mol. The molecule has 0 aliphatic heterocycles. The number of hydrogen-bond donors (Lipinski definition) is 0. The van der Waals surface area contributed by atoms with E-state index in [4.69, 9.17) is 4.74 Å². The largest absolute Gasteiger partial charge is 0.490 e. The SMILES string of the molecule is CC=CCOc1ccc2cc(C3CCC(CCC4CCC(CC)CC4)CC3)c(F)c(F)c2c1. The van der Waals surface area contributed by atoms with Crippen molar-refractivity contribution in [1.82, 2.24) is 0 Å². The van der Waals surface area contributed by atoms with E-state index in [0.717, 1.165) is 48.8 Å². The van der Waals surface area contributed by atoms with E-state index in [0.29, 0.717) is 23.3 Å². The van der Waals surface area contributed by atoms with Gasteiger partial charge in [-0.3, -0.25) is 0 Å². The summed E-state index contributed by atoms with van der Waals surface area (Å²) in [5.74, 6) is 1.94. The number of fused-ring (bicyclic) bond motifs is 1. The number of halogens is 2. The Kier molecular flexibility index (Phi) is 8.44. The Bertz CT molecular complexity index is 934. The number of ether oxygens (including phenoxy) is 1. The van der Waals surface area contributed by atoms with Gasteiger partial charge in [0.1, 0.15) is 12.4 Å². The van der Waals surface area contributed by atoms with Gasteiger partial charge in [-0.1, -0.05) is 70.1 Å². The second-order valence-corrected chi connectivity index (χ2v) is 10.4. The third-order valence-electron chi connectivity index (χ3n) is 8.41. The molecule has 0 saturated heterocycles. The Balaban J connectivity index is 1.34. The molecule has 4 rings (SSSR count). The number of rotatable bonds is 8. The lowest BCUT2D eigenvalue weighted by Crippen LogP contribution is -2.18. The third-order valence-corrected chi connectivity index (χ3v) is 8.41. The maximum absolute atomic E-state index is 15.1. The first-order valence-corrected chi connectivity index (χ1v) is 13.2. The van der Waals surface area contributed by atoms with Crippen molar-refractivity contribution >= 4 is 10.8 Å². The van der Waals surface area contributed by atoms with Crippen LogP contribution in [0.25, 0.3) is 10.8 Å². The van der Waals surface area contributed by atoms with Crippen molar-refractivity contribution in [3.63, 3.8) is 0 Å². The van der Waals surface area contributed by atoms with Crippen LogP contribution in [-0.4, -0.2) is 6.61 Å². The average Bonchev–Trinajstić information content (AvgIpc) is 2.86. The molecular formula is C30H40F2O. The molecule has 2 aliphatic rings. The van der Waals surface area contributed by atoms with Crippen LogP contribution in [0.15, 0.2) is 36.4 Å². The van der Waals surface area contributed by atoms with Crippen molar-refractivity contribution in [2.24, 2.45) is 17.8 Å². The minimum absolute atomic E-state index is 0.130. The van der Waals surface area contributed by atoms with E-state index in [1.165, 1.54) is 44.9 Å². The van der Waals surface area contributed by atoms with E-state index < -0.39 is 11.6 Å². The summed E-state index contributed by atoms with van der Waals surface area (Å²) in [5.41, 5.74) is 0.568. The Morgan fingerprint density at radius 3 is 2.12 bits per heavy atom. The molecule has 0 radical (unpaired) electrons. The lowest BCUT2D eigenvalue weighted by atomic mass is 9.74. The highest BCUT2D eigenvalue weighted by Gasteiger charge is 2.28. The van der Waals surface area contributed by atoms with Gasteiger partial charge >= 0.3 is 0 Å². The fraction of sp³-hybridized carbons (Fsp3) is 0.600. The Morgan fingerprint density at radius 2 is 1.48 bits per heavy atom. The highest BCUT2D eigenvalue weighted by molar-refractivity contribution is 5.85. The van der Waals surface area contributed by atoms with Crippen molar-refractivity contribution in [2.75, 3.05) is 6.61 Å². The van der Waals surface area contributed by atoms with Crippen LogP contribution in [0.3, 0.4) is 0 Å². The summed E-state index contributed by atoms with van der Waals surface area (Å²) in [6, 6.07) is 7.19. The Morgan fingerprint density at radius 1 is 0.848 bits per heavy atom. The second-order valence-electron chi connectivity index (χ2n) is 10.4. The summed E-state index contributed by atoms with van der Waals surface area (Å²) in [6.45, 7) is 4.67. The molecule has 0 bridgehead atoms. The highest BCUT2D eigenvalue weighted by Crippen LogP contribution is 2.42. The molecule has 2 aromatic rings. The maximum atomic E-state index is 15.1. The van der Waals surface area contributed by atoms with Gasteiger partial charge in [-0.25, -0.2) is 8.78 Å². The van der Waals surface area contributed by atoms with Crippen LogP contribution in [0.4, 0.5) is 8.78 Å². The summed E-state index contributed by atoms with van der Waals surface area (Å²) in [4.78, 5) is 0. The van der Waals surface area contributed by atoms with Gasteiger partial charge in [0.2, 0.25) is 0 Å². The van der Waals surface area contributed by atoms with Crippen LogP contribution in [0.1, 0.15) is 96.0 Å². The fourth-order valence-electron chi connectivity index (χ4n) is 6.12. The monoisotopic (exact) mass is 454 g/mol. The highest BCUT2D eigenvalue weighted by atomic mass is 19.2. The minimum atomic E-state index is -0.733. The Hall–Kier alpha value is -1.90. The third kappa shape index (κ3) is 5.97. The fourth-order valence-corrected chi connectivity index (χ4v) is 6.12. The normalized spacial score (nSPS) is 26.2. The summed E-state index contributed by atoms with van der Waals surface area (Å²) in [5, 5.41) is 1.06. The van der Waals surface area contributed by atoms with E-state index >= 15 is 4.39 Å². The molecule has 180 valence electrons. The van der Waals surface area contributed by atoms with E-state index in [1.807, 2.05) is 37.3 Å². The smallest absolute Gasteiger partial charge is 0.167 e. The van der Waals surface area contributed by atoms with Crippen LogP contribution < -0.4 is 4.74 Å². The van der Waals surface area contributed by atoms with Crippen molar-refractivity contribution in [3.05, 3.63) is 53.6 Å². The summed E-state index contributed by atoms with van der Waals surface area (Å²) in [7, 11) is 0. The number of allylic oxidation sites excluding steroid dienone is 1. The molecule has 2 fully saturated rings. The number of benzene rings is 2. The van der Waals surface area contributed by atoms with E-state index in [-0.39, 0.29) is 5.92 Å². The lowest BCUT2D eigenvalue weighted by molar-refractivity contribution is 0.227. The summed E-state index contributed by atoms with van der Waals surface area (Å²) < 4.78 is 35.7. The molecule has 0 aromatic heterocycles. The van der Waals surface area contributed by atoms with Gasteiger partial charge in [-0.2, -0.15) is 0 Å². The molecule has 2 aliphatic carbocycles. The van der Waals surface area contributed by atoms with Gasteiger partial charge in [-0.05, 0) is 85.4 Å². The van der Waals surface area contributed by atoms with Crippen LogP contribution in [0.5, 0.6) is 5.75 Å². The van der Waals surface area contributed by atoms with Crippen molar-refractivity contribution < 1.29 is 13.5 Å². The van der Waals surface area contributed by atoms with E-state index in [1.54, 1.807) is 6.07 Å². The molecule has 0 spiro atoms. The molecular weight excluding hydrogens is 414 g/mol. The maximum Gasteiger partial charge on any atom is 0.167 e. The first-order valence-electron chi connectivity index (χ1n) is 13.2. The topological polar surface area (TPSA) is 9.23 Å². The average molecular weight is 455 g/mol. The zero-order valence-corrected chi connectivity index (χ0v) is 20.4. The lowest BCUT2D eigenvalue weighted by Gasteiger charge is -2.32. The first kappa shape index (κ1) is 24.2.